The Bertz CT molecular complexity index is 1100. The molecule has 3 aliphatic heterocycles. The fourth-order valence-electron chi connectivity index (χ4n) is 5.29. The number of halogens is 1. The summed E-state index contributed by atoms with van der Waals surface area (Å²) in [5, 5.41) is 7.82. The minimum atomic E-state index is -0.301. The van der Waals surface area contributed by atoms with Gasteiger partial charge in [0.25, 0.3) is 0 Å². The van der Waals surface area contributed by atoms with E-state index >= 15 is 0 Å². The summed E-state index contributed by atoms with van der Waals surface area (Å²) < 4.78 is 22.5. The van der Waals surface area contributed by atoms with Gasteiger partial charge in [-0.3, -0.25) is 9.80 Å². The van der Waals surface area contributed by atoms with Gasteiger partial charge in [0, 0.05) is 55.6 Å². The molecule has 2 fully saturated rings. The molecule has 162 valence electrons. The fourth-order valence-corrected chi connectivity index (χ4v) is 5.29. The van der Waals surface area contributed by atoms with Crippen molar-refractivity contribution in [3.63, 3.8) is 0 Å². The third kappa shape index (κ3) is 3.53. The lowest BCUT2D eigenvalue weighted by atomic mass is 10.0. The number of nitrogens with zero attached hydrogens (tertiary/aromatic N) is 5. The van der Waals surface area contributed by atoms with Gasteiger partial charge >= 0.3 is 0 Å². The number of fused-ring (bicyclic) bond motifs is 6. The van der Waals surface area contributed by atoms with E-state index in [1.54, 1.807) is 22.8 Å². The van der Waals surface area contributed by atoms with E-state index in [9.17, 15) is 4.39 Å². The van der Waals surface area contributed by atoms with E-state index in [0.717, 1.165) is 38.4 Å². The molecule has 0 unspecified atom stereocenters. The van der Waals surface area contributed by atoms with Gasteiger partial charge in [0.15, 0.2) is 5.65 Å². The number of aromatic nitrogens is 3. The van der Waals surface area contributed by atoms with Crippen LogP contribution in [0.5, 0.6) is 5.75 Å². The molecule has 2 saturated heterocycles. The van der Waals surface area contributed by atoms with E-state index < -0.39 is 0 Å². The van der Waals surface area contributed by atoms with E-state index in [2.05, 4.69) is 20.2 Å². The normalized spacial score (nSPS) is 24.7. The molecule has 31 heavy (non-hydrogen) atoms. The fraction of sp³-hybridized carbons (Fsp3) is 0.478. The first-order valence-electron chi connectivity index (χ1n) is 11.2. The van der Waals surface area contributed by atoms with E-state index in [0.29, 0.717) is 41.2 Å². The second-order valence-corrected chi connectivity index (χ2v) is 8.78. The standard InChI is InChI=1S/C23H27FN6O/c24-21-4-3-18-12-19(21)20-13-26-30-9-5-22(27-23(20)30)25-7-10-29-14-16-2-1-8-28(16)15-17(29)6-11-31-18/h3-5,9,12-13,16-17H,1-2,6-8,10-11,14-15H2,(H,25,27)/t16-,17-/m1/s1. The maximum atomic E-state index is 14.7. The zero-order chi connectivity index (χ0) is 20.8. The van der Waals surface area contributed by atoms with Gasteiger partial charge in [0.2, 0.25) is 0 Å². The average molecular weight is 423 g/mol. The summed E-state index contributed by atoms with van der Waals surface area (Å²) >= 11 is 0. The Morgan fingerprint density at radius 2 is 1.90 bits per heavy atom. The molecule has 3 aromatic rings. The molecule has 3 aliphatic rings. The van der Waals surface area contributed by atoms with E-state index in [1.807, 2.05) is 12.3 Å². The number of piperazine rings is 1. The van der Waals surface area contributed by atoms with Crippen LogP contribution in [0.3, 0.4) is 0 Å². The molecule has 5 heterocycles. The highest BCUT2D eigenvalue weighted by Gasteiger charge is 2.35. The van der Waals surface area contributed by atoms with Crippen LogP contribution in [0.1, 0.15) is 19.3 Å². The first-order chi connectivity index (χ1) is 15.2. The lowest BCUT2D eigenvalue weighted by Crippen LogP contribution is -2.57. The van der Waals surface area contributed by atoms with Crippen LogP contribution in [0, 0.1) is 5.82 Å². The van der Waals surface area contributed by atoms with E-state index in [-0.39, 0.29) is 5.82 Å². The first kappa shape index (κ1) is 19.0. The maximum Gasteiger partial charge on any atom is 0.165 e. The van der Waals surface area contributed by atoms with Crippen LogP contribution in [0.4, 0.5) is 10.2 Å². The van der Waals surface area contributed by atoms with Crippen LogP contribution in [0.15, 0.2) is 36.7 Å². The molecule has 0 aliphatic carbocycles. The Morgan fingerprint density at radius 3 is 2.84 bits per heavy atom. The molecular formula is C23H27FN6O. The summed E-state index contributed by atoms with van der Waals surface area (Å²) in [4.78, 5) is 9.99. The van der Waals surface area contributed by atoms with Gasteiger partial charge in [0.05, 0.1) is 12.8 Å². The van der Waals surface area contributed by atoms with Crippen molar-refractivity contribution in [1.82, 2.24) is 24.4 Å². The molecule has 0 radical (unpaired) electrons. The van der Waals surface area contributed by atoms with Crippen LogP contribution in [-0.4, -0.2) is 75.8 Å². The predicted octanol–water partition coefficient (Wildman–Crippen LogP) is 2.88. The second kappa shape index (κ2) is 7.76. The molecule has 0 spiro atoms. The monoisotopic (exact) mass is 422 g/mol. The average Bonchev–Trinajstić information content (AvgIpc) is 3.40. The minimum absolute atomic E-state index is 0.301. The Hall–Kier alpha value is -2.71. The third-order valence-electron chi connectivity index (χ3n) is 6.93. The van der Waals surface area contributed by atoms with Gasteiger partial charge in [-0.05, 0) is 50.1 Å². The van der Waals surface area contributed by atoms with E-state index in [1.165, 1.54) is 25.5 Å². The van der Waals surface area contributed by atoms with Crippen LogP contribution < -0.4 is 10.1 Å². The molecule has 0 saturated carbocycles. The lowest BCUT2D eigenvalue weighted by Gasteiger charge is -2.43. The summed E-state index contributed by atoms with van der Waals surface area (Å²) in [6, 6.07) is 8.01. The van der Waals surface area contributed by atoms with Gasteiger partial charge < -0.3 is 10.1 Å². The highest BCUT2D eigenvalue weighted by molar-refractivity contribution is 5.78. The summed E-state index contributed by atoms with van der Waals surface area (Å²) in [7, 11) is 0. The van der Waals surface area contributed by atoms with Gasteiger partial charge in [-0.2, -0.15) is 5.10 Å². The second-order valence-electron chi connectivity index (χ2n) is 8.78. The Morgan fingerprint density at radius 1 is 1.03 bits per heavy atom. The molecule has 7 nitrogen and oxygen atoms in total. The number of ether oxygens (including phenoxy) is 1. The Kier molecular flexibility index (Phi) is 4.76. The highest BCUT2D eigenvalue weighted by Crippen LogP contribution is 2.31. The van der Waals surface area contributed by atoms with Crippen LogP contribution >= 0.6 is 0 Å². The smallest absolute Gasteiger partial charge is 0.165 e. The van der Waals surface area contributed by atoms with Crippen LogP contribution in [0.25, 0.3) is 16.8 Å². The van der Waals surface area contributed by atoms with Gasteiger partial charge in [0.1, 0.15) is 17.4 Å². The van der Waals surface area contributed by atoms with Gasteiger partial charge in [-0.15, -0.1) is 0 Å². The largest absolute Gasteiger partial charge is 0.494 e. The van der Waals surface area contributed by atoms with Gasteiger partial charge in [-0.25, -0.2) is 13.9 Å². The lowest BCUT2D eigenvalue weighted by molar-refractivity contribution is 0.0433. The van der Waals surface area contributed by atoms with Crippen molar-refractivity contribution in [2.45, 2.75) is 31.3 Å². The molecule has 6 rings (SSSR count). The van der Waals surface area contributed by atoms with Crippen molar-refractivity contribution >= 4 is 11.5 Å². The number of nitrogens with one attached hydrogen (secondary N) is 1. The number of rotatable bonds is 0. The van der Waals surface area contributed by atoms with Crippen LogP contribution in [0.2, 0.25) is 0 Å². The topological polar surface area (TPSA) is 57.9 Å². The van der Waals surface area contributed by atoms with Crippen molar-refractivity contribution in [3.8, 4) is 16.9 Å². The molecule has 2 aromatic heterocycles. The van der Waals surface area contributed by atoms with Crippen molar-refractivity contribution < 1.29 is 9.13 Å². The number of hydrogen-bond acceptors (Lipinski definition) is 6. The van der Waals surface area contributed by atoms with Gasteiger partial charge in [-0.1, -0.05) is 0 Å². The molecule has 2 atom stereocenters. The first-order valence-corrected chi connectivity index (χ1v) is 11.2. The summed E-state index contributed by atoms with van der Waals surface area (Å²) in [5.41, 5.74) is 1.76. The summed E-state index contributed by atoms with van der Waals surface area (Å²) in [6.07, 6.45) is 7.09. The quantitative estimate of drug-likeness (QED) is 0.601. The zero-order valence-electron chi connectivity index (χ0n) is 17.5. The zero-order valence-corrected chi connectivity index (χ0v) is 17.5. The number of benzene rings is 1. The Balaban J connectivity index is 1.35. The summed E-state index contributed by atoms with van der Waals surface area (Å²) in [5.74, 6) is 1.17. The van der Waals surface area contributed by atoms with Crippen LogP contribution in [-0.2, 0) is 0 Å². The van der Waals surface area contributed by atoms with Crippen molar-refractivity contribution in [1.29, 1.82) is 0 Å². The molecule has 4 bridgehead atoms. The Labute approximate surface area is 180 Å². The predicted molar refractivity (Wildman–Crippen MR) is 117 cm³/mol. The number of hydrogen-bond donors (Lipinski definition) is 1. The molecule has 1 N–H and O–H groups in total. The van der Waals surface area contributed by atoms with E-state index in [4.69, 9.17) is 9.72 Å². The third-order valence-corrected chi connectivity index (χ3v) is 6.93. The number of anilines is 1. The minimum Gasteiger partial charge on any atom is -0.494 e. The highest BCUT2D eigenvalue weighted by atomic mass is 19.1. The molecule has 1 aromatic carbocycles. The molecular weight excluding hydrogens is 395 g/mol. The SMILES string of the molecule is Fc1ccc2cc1-c1cnn3ccc(nc13)NCCN1C[C@H]3CCCN3C[C@H]1CCO2. The molecule has 0 amide bonds. The van der Waals surface area contributed by atoms with Crippen molar-refractivity contribution in [2.24, 2.45) is 0 Å². The van der Waals surface area contributed by atoms with Crippen molar-refractivity contribution in [2.75, 3.05) is 44.6 Å². The maximum absolute atomic E-state index is 14.7. The molecule has 8 heteroatoms. The van der Waals surface area contributed by atoms with Crippen molar-refractivity contribution in [3.05, 3.63) is 42.5 Å². The summed E-state index contributed by atoms with van der Waals surface area (Å²) in [6.45, 7) is 5.84.